The summed E-state index contributed by atoms with van der Waals surface area (Å²) in [5, 5.41) is 16.3. The van der Waals surface area contributed by atoms with Crippen LogP contribution in [0.4, 0.5) is 15.8 Å². The molecule has 2 heterocycles. The molecule has 0 aliphatic carbocycles. The normalized spacial score (nSPS) is 14.3. The van der Waals surface area contributed by atoms with Gasteiger partial charge in [-0.3, -0.25) is 14.7 Å². The Balaban J connectivity index is 1.50. The van der Waals surface area contributed by atoms with E-state index in [-0.39, 0.29) is 28.3 Å². The van der Waals surface area contributed by atoms with Crippen LogP contribution in [0.2, 0.25) is 5.02 Å². The molecule has 4 rings (SSSR count). The van der Waals surface area contributed by atoms with E-state index in [0.717, 1.165) is 32.5 Å². The number of likely N-dealkylation sites (tertiary alicyclic amines) is 1. The largest absolute Gasteiger partial charge is 0.493 e. The summed E-state index contributed by atoms with van der Waals surface area (Å²) in [5.74, 6) is 0.402. The van der Waals surface area contributed by atoms with Crippen molar-refractivity contribution in [1.82, 2.24) is 20.1 Å². The summed E-state index contributed by atoms with van der Waals surface area (Å²) in [7, 11) is 5.49. The number of piperidine rings is 1. The van der Waals surface area contributed by atoms with Crippen LogP contribution in [0.15, 0.2) is 36.5 Å². The first kappa shape index (κ1) is 28.4. The Bertz CT molecular complexity index is 1370. The van der Waals surface area contributed by atoms with E-state index < -0.39 is 5.82 Å². The number of amides is 1. The maximum atomic E-state index is 14.7. The van der Waals surface area contributed by atoms with E-state index in [2.05, 4.69) is 26.6 Å². The number of likely N-dealkylation sites (N-methyl/N-ethyl adjacent to an activating group) is 1. The first-order chi connectivity index (χ1) is 18.8. The van der Waals surface area contributed by atoms with Crippen LogP contribution >= 0.6 is 11.6 Å². The fraction of sp³-hybridized carbons (Fsp3) is 0.393. The van der Waals surface area contributed by atoms with Gasteiger partial charge in [0.05, 0.1) is 41.1 Å². The van der Waals surface area contributed by atoms with Gasteiger partial charge in [0.1, 0.15) is 12.2 Å². The quantitative estimate of drug-likeness (QED) is 0.385. The average molecular weight is 555 g/mol. The number of nitrogens with zero attached hydrogens (tertiary/aromatic N) is 4. The molecule has 0 radical (unpaired) electrons. The minimum atomic E-state index is -0.615. The molecule has 3 aromatic rings. The van der Waals surface area contributed by atoms with Crippen LogP contribution in [0.3, 0.4) is 0 Å². The van der Waals surface area contributed by atoms with E-state index in [9.17, 15) is 14.4 Å². The molecule has 1 saturated heterocycles. The molecule has 0 saturated carbocycles. The van der Waals surface area contributed by atoms with E-state index in [1.165, 1.54) is 12.3 Å². The Morgan fingerprint density at radius 2 is 2.05 bits per heavy atom. The highest BCUT2D eigenvalue weighted by Gasteiger charge is 2.24. The first-order valence-corrected chi connectivity index (χ1v) is 13.1. The topological polar surface area (TPSA) is 103 Å². The van der Waals surface area contributed by atoms with Crippen molar-refractivity contribution in [2.24, 2.45) is 0 Å². The minimum absolute atomic E-state index is 0.0179. The molecular weight excluding hydrogens is 523 g/mol. The second kappa shape index (κ2) is 12.9. The van der Waals surface area contributed by atoms with Crippen LogP contribution in [0.5, 0.6) is 11.5 Å². The zero-order chi connectivity index (χ0) is 27.9. The number of pyridine rings is 1. The number of methoxy groups -OCH3 is 1. The van der Waals surface area contributed by atoms with Gasteiger partial charge in [-0.2, -0.15) is 5.26 Å². The predicted octanol–water partition coefficient (Wildman–Crippen LogP) is 4.17. The van der Waals surface area contributed by atoms with Crippen molar-refractivity contribution < 1.29 is 18.7 Å². The van der Waals surface area contributed by atoms with Gasteiger partial charge in [0.2, 0.25) is 5.91 Å². The summed E-state index contributed by atoms with van der Waals surface area (Å²) in [4.78, 5) is 20.8. The second-order valence-electron chi connectivity index (χ2n) is 9.65. The first-order valence-electron chi connectivity index (χ1n) is 12.7. The molecule has 0 spiro atoms. The average Bonchev–Trinajstić information content (AvgIpc) is 2.92. The van der Waals surface area contributed by atoms with Crippen LogP contribution in [-0.2, 0) is 4.79 Å². The highest BCUT2D eigenvalue weighted by atomic mass is 35.5. The summed E-state index contributed by atoms with van der Waals surface area (Å²) in [6.45, 7) is 3.23. The molecule has 206 valence electrons. The predicted molar refractivity (Wildman–Crippen MR) is 149 cm³/mol. The van der Waals surface area contributed by atoms with Crippen molar-refractivity contribution in [3.63, 3.8) is 0 Å². The molecule has 9 nitrogen and oxygen atoms in total. The third kappa shape index (κ3) is 7.06. The molecule has 2 aromatic carbocycles. The molecule has 2 N–H and O–H groups in total. The van der Waals surface area contributed by atoms with Gasteiger partial charge < -0.3 is 25.0 Å². The number of nitriles is 1. The minimum Gasteiger partial charge on any atom is -0.493 e. The molecule has 1 aromatic heterocycles. The standard InChI is InChI=1S/C28H32ClFN6O3/c1-35(2)12-9-32-26(37)17-36-10-7-19(8-11-36)39-25-13-20-23(14-24(25)38-3)33-16-18(15-31)28(20)34-22-6-4-5-21(29)27(22)30/h4-6,13-14,16,19H,7-12,17H2,1-3H3,(H,32,37)(H,33,34). The Morgan fingerprint density at radius 3 is 2.74 bits per heavy atom. The number of hydrogen-bond acceptors (Lipinski definition) is 8. The van der Waals surface area contributed by atoms with Crippen molar-refractivity contribution in [2.75, 3.05) is 59.2 Å². The van der Waals surface area contributed by atoms with Gasteiger partial charge in [-0.05, 0) is 45.1 Å². The van der Waals surface area contributed by atoms with E-state index in [0.29, 0.717) is 41.2 Å². The Kier molecular flexibility index (Phi) is 9.41. The fourth-order valence-electron chi connectivity index (χ4n) is 4.45. The summed E-state index contributed by atoms with van der Waals surface area (Å²) < 4.78 is 26.6. The molecule has 0 unspecified atom stereocenters. The fourth-order valence-corrected chi connectivity index (χ4v) is 4.62. The van der Waals surface area contributed by atoms with Crippen molar-refractivity contribution in [2.45, 2.75) is 18.9 Å². The van der Waals surface area contributed by atoms with E-state index in [4.69, 9.17) is 21.1 Å². The number of fused-ring (bicyclic) bond motifs is 1. The number of hydrogen-bond donors (Lipinski definition) is 2. The van der Waals surface area contributed by atoms with Crippen LogP contribution in [0.1, 0.15) is 18.4 Å². The summed E-state index contributed by atoms with van der Waals surface area (Å²) in [6.07, 6.45) is 2.82. The third-order valence-corrected chi connectivity index (χ3v) is 6.85. The molecule has 1 amide bonds. The van der Waals surface area contributed by atoms with E-state index >= 15 is 0 Å². The number of carbonyl (C=O) groups is 1. The zero-order valence-electron chi connectivity index (χ0n) is 22.3. The Hall–Kier alpha value is -3.65. The van der Waals surface area contributed by atoms with Crippen molar-refractivity contribution in [1.29, 1.82) is 5.26 Å². The van der Waals surface area contributed by atoms with Gasteiger partial charge >= 0.3 is 0 Å². The van der Waals surface area contributed by atoms with Crippen LogP contribution in [0.25, 0.3) is 10.9 Å². The lowest BCUT2D eigenvalue weighted by Gasteiger charge is -2.32. The zero-order valence-corrected chi connectivity index (χ0v) is 23.0. The van der Waals surface area contributed by atoms with Crippen molar-refractivity contribution in [3.05, 3.63) is 52.9 Å². The van der Waals surface area contributed by atoms with E-state index in [1.54, 1.807) is 31.4 Å². The maximum Gasteiger partial charge on any atom is 0.234 e. The SMILES string of the molecule is COc1cc2ncc(C#N)c(Nc3cccc(Cl)c3F)c2cc1OC1CCN(CC(=O)NCCN(C)C)CC1. The van der Waals surface area contributed by atoms with Crippen molar-refractivity contribution >= 4 is 39.8 Å². The second-order valence-corrected chi connectivity index (χ2v) is 10.1. The van der Waals surface area contributed by atoms with Gasteiger partial charge in [-0.1, -0.05) is 17.7 Å². The van der Waals surface area contributed by atoms with Gasteiger partial charge in [0.15, 0.2) is 17.3 Å². The summed E-state index contributed by atoms with van der Waals surface area (Å²) >= 11 is 5.96. The van der Waals surface area contributed by atoms with E-state index in [1.807, 2.05) is 19.0 Å². The van der Waals surface area contributed by atoms with Crippen LogP contribution < -0.4 is 20.1 Å². The summed E-state index contributed by atoms with van der Waals surface area (Å²) in [5.41, 5.74) is 1.34. The van der Waals surface area contributed by atoms with Crippen molar-refractivity contribution in [3.8, 4) is 17.6 Å². The lowest BCUT2D eigenvalue weighted by molar-refractivity contribution is -0.122. The lowest BCUT2D eigenvalue weighted by atomic mass is 10.1. The number of carbonyl (C=O) groups excluding carboxylic acids is 1. The Morgan fingerprint density at radius 1 is 1.28 bits per heavy atom. The lowest BCUT2D eigenvalue weighted by Crippen LogP contribution is -2.44. The third-order valence-electron chi connectivity index (χ3n) is 6.56. The number of ether oxygens (including phenoxy) is 2. The summed E-state index contributed by atoms with van der Waals surface area (Å²) in [6, 6.07) is 10.2. The highest BCUT2D eigenvalue weighted by molar-refractivity contribution is 6.31. The molecule has 0 bridgehead atoms. The van der Waals surface area contributed by atoms with Crippen LogP contribution in [-0.4, -0.2) is 80.7 Å². The molecule has 1 fully saturated rings. The van der Waals surface area contributed by atoms with Gasteiger partial charge in [-0.15, -0.1) is 0 Å². The number of rotatable bonds is 10. The highest BCUT2D eigenvalue weighted by Crippen LogP contribution is 2.39. The number of halogens is 2. The number of aromatic nitrogens is 1. The van der Waals surface area contributed by atoms with Gasteiger partial charge in [0, 0.05) is 43.8 Å². The Labute approximate surface area is 232 Å². The maximum absolute atomic E-state index is 14.7. The molecule has 1 aliphatic heterocycles. The smallest absolute Gasteiger partial charge is 0.234 e. The molecule has 1 aliphatic rings. The molecule has 11 heteroatoms. The van der Waals surface area contributed by atoms with Gasteiger partial charge in [0.25, 0.3) is 0 Å². The molecule has 39 heavy (non-hydrogen) atoms. The number of anilines is 2. The molecular formula is C28H32ClFN6O3. The molecule has 0 atom stereocenters. The number of benzene rings is 2. The number of nitrogens with one attached hydrogen (secondary N) is 2. The monoisotopic (exact) mass is 554 g/mol. The van der Waals surface area contributed by atoms with Crippen LogP contribution in [0, 0.1) is 17.1 Å². The van der Waals surface area contributed by atoms with Gasteiger partial charge in [-0.25, -0.2) is 4.39 Å².